The number of aryl methyl sites for hydroxylation is 2. The van der Waals surface area contributed by atoms with E-state index >= 15 is 0 Å². The van der Waals surface area contributed by atoms with Crippen LogP contribution in [0.1, 0.15) is 24.5 Å². The maximum Gasteiger partial charge on any atom is 0.133 e. The topological polar surface area (TPSA) is 73.7 Å². The molecule has 3 rings (SSSR count). The molecule has 1 atom stereocenters. The van der Waals surface area contributed by atoms with Gasteiger partial charge in [-0.3, -0.25) is 10.5 Å². The summed E-state index contributed by atoms with van der Waals surface area (Å²) in [7, 11) is 1.94. The largest absolute Gasteiger partial charge is 0.334 e. The molecule has 0 aliphatic heterocycles. The number of hydrogen-bond acceptors (Lipinski definition) is 4. The Hall–Kier alpha value is -2.18. The highest BCUT2D eigenvalue weighted by atomic mass is 15.3. The second-order valence-electron chi connectivity index (χ2n) is 4.70. The Kier molecular flexibility index (Phi) is 3.25. The van der Waals surface area contributed by atoms with Gasteiger partial charge in [-0.15, -0.1) is 0 Å². The van der Waals surface area contributed by atoms with Crippen molar-refractivity contribution >= 4 is 10.9 Å². The van der Waals surface area contributed by atoms with Gasteiger partial charge in [-0.25, -0.2) is 10.4 Å². The Balaban J connectivity index is 2.17. The Morgan fingerprint density at radius 3 is 2.90 bits per heavy atom. The number of hydrogen-bond donors (Lipinski definition) is 2. The van der Waals surface area contributed by atoms with Gasteiger partial charge in [0.2, 0.25) is 0 Å². The first-order valence-corrected chi connectivity index (χ1v) is 6.65. The standard InChI is InChI=1S/C14H18N6/c1-3-20-9-8-16-14(20)13(17-15)12-10-6-4-5-7-11(10)19(2)18-12/h4-9,13,17H,3,15H2,1-2H3. The molecule has 0 saturated carbocycles. The molecule has 1 unspecified atom stereocenters. The number of nitrogens with zero attached hydrogens (tertiary/aromatic N) is 4. The summed E-state index contributed by atoms with van der Waals surface area (Å²) >= 11 is 0. The molecule has 0 amide bonds. The predicted octanol–water partition coefficient (Wildman–Crippen LogP) is 1.34. The van der Waals surface area contributed by atoms with Crippen LogP contribution in [0.3, 0.4) is 0 Å². The van der Waals surface area contributed by atoms with Crippen molar-refractivity contribution in [3.8, 4) is 0 Å². The lowest BCUT2D eigenvalue weighted by Crippen LogP contribution is -2.31. The third-order valence-electron chi connectivity index (χ3n) is 3.57. The van der Waals surface area contributed by atoms with Crippen LogP contribution in [0.25, 0.3) is 10.9 Å². The van der Waals surface area contributed by atoms with Crippen molar-refractivity contribution in [2.45, 2.75) is 19.5 Å². The van der Waals surface area contributed by atoms with Crippen molar-refractivity contribution in [3.63, 3.8) is 0 Å². The lowest BCUT2D eigenvalue weighted by molar-refractivity contribution is 0.545. The number of fused-ring (bicyclic) bond motifs is 1. The number of rotatable bonds is 4. The zero-order valence-corrected chi connectivity index (χ0v) is 11.6. The van der Waals surface area contributed by atoms with Gasteiger partial charge in [-0.05, 0) is 13.0 Å². The first-order valence-electron chi connectivity index (χ1n) is 6.65. The molecule has 6 heteroatoms. The molecule has 0 radical (unpaired) electrons. The fourth-order valence-corrected chi connectivity index (χ4v) is 2.58. The van der Waals surface area contributed by atoms with Crippen LogP contribution in [0.15, 0.2) is 36.7 Å². The fraction of sp³-hybridized carbons (Fsp3) is 0.286. The number of aromatic nitrogens is 4. The van der Waals surface area contributed by atoms with Crippen molar-refractivity contribution < 1.29 is 0 Å². The molecule has 0 fully saturated rings. The van der Waals surface area contributed by atoms with Crippen molar-refractivity contribution in [2.24, 2.45) is 12.9 Å². The molecular formula is C14H18N6. The van der Waals surface area contributed by atoms with E-state index in [1.165, 1.54) is 0 Å². The zero-order chi connectivity index (χ0) is 14.1. The van der Waals surface area contributed by atoms with Gasteiger partial charge in [0.15, 0.2) is 0 Å². The third kappa shape index (κ3) is 1.90. The minimum atomic E-state index is -0.226. The SMILES string of the molecule is CCn1ccnc1C(NN)c1nn(C)c2ccccc12. The van der Waals surface area contributed by atoms with E-state index in [4.69, 9.17) is 5.84 Å². The van der Waals surface area contributed by atoms with Crippen LogP contribution >= 0.6 is 0 Å². The number of imidazole rings is 1. The van der Waals surface area contributed by atoms with Gasteiger partial charge < -0.3 is 4.57 Å². The molecule has 0 aliphatic rings. The average Bonchev–Trinajstić information content (AvgIpc) is 3.07. The summed E-state index contributed by atoms with van der Waals surface area (Å²) in [4.78, 5) is 4.42. The molecule has 1 aromatic carbocycles. The fourth-order valence-electron chi connectivity index (χ4n) is 2.58. The Morgan fingerprint density at radius 2 is 2.15 bits per heavy atom. The van der Waals surface area contributed by atoms with E-state index in [9.17, 15) is 0 Å². The van der Waals surface area contributed by atoms with Gasteiger partial charge in [0.05, 0.1) is 11.2 Å². The Labute approximate surface area is 117 Å². The van der Waals surface area contributed by atoms with Crippen LogP contribution in [0.2, 0.25) is 0 Å². The summed E-state index contributed by atoms with van der Waals surface area (Å²) in [5.41, 5.74) is 4.82. The van der Waals surface area contributed by atoms with E-state index in [0.717, 1.165) is 29.0 Å². The normalized spacial score (nSPS) is 12.9. The quantitative estimate of drug-likeness (QED) is 0.554. The van der Waals surface area contributed by atoms with Gasteiger partial charge in [0.25, 0.3) is 0 Å². The van der Waals surface area contributed by atoms with E-state index in [2.05, 4.69) is 33.1 Å². The lowest BCUT2D eigenvalue weighted by atomic mass is 10.1. The predicted molar refractivity (Wildman–Crippen MR) is 77.8 cm³/mol. The molecule has 0 spiro atoms. The van der Waals surface area contributed by atoms with E-state index in [0.29, 0.717) is 0 Å². The molecule has 3 aromatic rings. The summed E-state index contributed by atoms with van der Waals surface area (Å²) in [6.07, 6.45) is 3.74. The second kappa shape index (κ2) is 5.07. The number of nitrogens with two attached hydrogens (primary N) is 1. The van der Waals surface area contributed by atoms with Crippen molar-refractivity contribution in [3.05, 3.63) is 48.2 Å². The first-order chi connectivity index (χ1) is 9.76. The summed E-state index contributed by atoms with van der Waals surface area (Å²) in [5.74, 6) is 6.64. The molecule has 6 nitrogen and oxygen atoms in total. The van der Waals surface area contributed by atoms with Gasteiger partial charge in [0, 0.05) is 31.4 Å². The van der Waals surface area contributed by atoms with E-state index in [1.807, 2.05) is 36.1 Å². The summed E-state index contributed by atoms with van der Waals surface area (Å²) in [6, 6.07) is 7.89. The van der Waals surface area contributed by atoms with E-state index in [-0.39, 0.29) is 6.04 Å². The zero-order valence-electron chi connectivity index (χ0n) is 11.6. The Morgan fingerprint density at radius 1 is 1.35 bits per heavy atom. The van der Waals surface area contributed by atoms with Crippen LogP contribution in [0, 0.1) is 0 Å². The summed E-state index contributed by atoms with van der Waals surface area (Å²) < 4.78 is 3.93. The maximum absolute atomic E-state index is 5.77. The van der Waals surface area contributed by atoms with Gasteiger partial charge in [-0.1, -0.05) is 18.2 Å². The molecular weight excluding hydrogens is 252 g/mol. The Bertz CT molecular complexity index is 726. The van der Waals surface area contributed by atoms with Crippen LogP contribution < -0.4 is 11.3 Å². The second-order valence-corrected chi connectivity index (χ2v) is 4.70. The lowest BCUT2D eigenvalue weighted by Gasteiger charge is -2.15. The van der Waals surface area contributed by atoms with Crippen molar-refractivity contribution in [1.82, 2.24) is 24.8 Å². The minimum Gasteiger partial charge on any atom is -0.334 e. The number of para-hydroxylation sites is 1. The third-order valence-corrected chi connectivity index (χ3v) is 3.57. The number of benzene rings is 1. The smallest absolute Gasteiger partial charge is 0.133 e. The maximum atomic E-state index is 5.77. The average molecular weight is 270 g/mol. The van der Waals surface area contributed by atoms with Crippen LogP contribution in [-0.2, 0) is 13.6 Å². The molecule has 2 aromatic heterocycles. The monoisotopic (exact) mass is 270 g/mol. The molecule has 0 bridgehead atoms. The molecule has 20 heavy (non-hydrogen) atoms. The van der Waals surface area contributed by atoms with Gasteiger partial charge in [0.1, 0.15) is 11.9 Å². The minimum absolute atomic E-state index is 0.226. The highest BCUT2D eigenvalue weighted by molar-refractivity contribution is 5.82. The molecule has 2 heterocycles. The van der Waals surface area contributed by atoms with Gasteiger partial charge in [-0.2, -0.15) is 5.10 Å². The molecule has 104 valence electrons. The van der Waals surface area contributed by atoms with Crippen molar-refractivity contribution in [2.75, 3.05) is 0 Å². The van der Waals surface area contributed by atoms with Crippen LogP contribution in [0.4, 0.5) is 0 Å². The first kappa shape index (κ1) is 12.8. The van der Waals surface area contributed by atoms with Gasteiger partial charge >= 0.3 is 0 Å². The molecule has 0 saturated heterocycles. The summed E-state index contributed by atoms with van der Waals surface area (Å²) in [6.45, 7) is 2.92. The molecule has 0 aliphatic carbocycles. The van der Waals surface area contributed by atoms with E-state index < -0.39 is 0 Å². The van der Waals surface area contributed by atoms with Crippen LogP contribution in [0.5, 0.6) is 0 Å². The van der Waals surface area contributed by atoms with Crippen LogP contribution in [-0.4, -0.2) is 19.3 Å². The molecule has 3 N–H and O–H groups in total. The highest BCUT2D eigenvalue weighted by Crippen LogP contribution is 2.26. The number of nitrogens with one attached hydrogen (secondary N) is 1. The summed E-state index contributed by atoms with van der Waals surface area (Å²) in [5, 5.41) is 5.70. The highest BCUT2D eigenvalue weighted by Gasteiger charge is 2.23. The number of hydrazine groups is 1. The van der Waals surface area contributed by atoms with Crippen molar-refractivity contribution in [1.29, 1.82) is 0 Å². The van der Waals surface area contributed by atoms with E-state index in [1.54, 1.807) is 6.20 Å².